The zero-order chi connectivity index (χ0) is 17.9. The van der Waals surface area contributed by atoms with Crippen molar-refractivity contribution in [3.63, 3.8) is 0 Å². The molecule has 2 amide bonds. The molecule has 0 saturated carbocycles. The third-order valence-corrected chi connectivity index (χ3v) is 5.21. The first kappa shape index (κ1) is 17.7. The van der Waals surface area contributed by atoms with E-state index in [1.54, 1.807) is 18.0 Å². The van der Waals surface area contributed by atoms with Crippen LogP contribution in [-0.4, -0.2) is 65.1 Å². The highest BCUT2D eigenvalue weighted by atomic mass is 16.3. The Labute approximate surface area is 148 Å². The summed E-state index contributed by atoms with van der Waals surface area (Å²) in [7, 11) is 0. The average Bonchev–Trinajstić information content (AvgIpc) is 3.03. The van der Waals surface area contributed by atoms with Crippen molar-refractivity contribution in [1.82, 2.24) is 15.2 Å². The van der Waals surface area contributed by atoms with E-state index in [2.05, 4.69) is 10.3 Å². The standard InChI is InChI=1S/C18H26N4O3/c1-14(23)21-9-5-15(6-10-21)17(24)20-12-18(25)7-11-22(13-18)16-4-2-3-8-19-16/h2-4,8,15,25H,5-7,9-13H2,1H3,(H,20,24). The van der Waals surface area contributed by atoms with E-state index in [9.17, 15) is 14.7 Å². The van der Waals surface area contributed by atoms with Gasteiger partial charge >= 0.3 is 0 Å². The molecule has 2 N–H and O–H groups in total. The van der Waals surface area contributed by atoms with Gasteiger partial charge in [-0.1, -0.05) is 6.07 Å². The number of aliphatic hydroxyl groups is 1. The number of carbonyl (C=O) groups excluding carboxylic acids is 2. The molecule has 7 heteroatoms. The Kier molecular flexibility index (Phi) is 5.22. The summed E-state index contributed by atoms with van der Waals surface area (Å²) >= 11 is 0. The van der Waals surface area contributed by atoms with Gasteiger partial charge in [0.1, 0.15) is 11.4 Å². The van der Waals surface area contributed by atoms with Gasteiger partial charge in [0.05, 0.1) is 0 Å². The number of hydrogen-bond acceptors (Lipinski definition) is 5. The Morgan fingerprint density at radius 2 is 2.08 bits per heavy atom. The summed E-state index contributed by atoms with van der Waals surface area (Å²) in [6.07, 6.45) is 3.71. The van der Waals surface area contributed by atoms with E-state index >= 15 is 0 Å². The number of hydrogen-bond donors (Lipinski definition) is 2. The van der Waals surface area contributed by atoms with E-state index in [-0.39, 0.29) is 24.3 Å². The number of nitrogens with zero attached hydrogens (tertiary/aromatic N) is 3. The van der Waals surface area contributed by atoms with Crippen LogP contribution in [0.2, 0.25) is 0 Å². The van der Waals surface area contributed by atoms with Crippen molar-refractivity contribution >= 4 is 17.6 Å². The number of likely N-dealkylation sites (tertiary alicyclic amines) is 1. The zero-order valence-corrected chi connectivity index (χ0v) is 14.6. The van der Waals surface area contributed by atoms with Gasteiger partial charge in [0.2, 0.25) is 11.8 Å². The lowest BCUT2D eigenvalue weighted by molar-refractivity contribution is -0.134. The van der Waals surface area contributed by atoms with Gasteiger partial charge < -0.3 is 20.2 Å². The number of nitrogens with one attached hydrogen (secondary N) is 1. The quantitative estimate of drug-likeness (QED) is 0.824. The number of piperidine rings is 1. The van der Waals surface area contributed by atoms with Crippen LogP contribution in [0.1, 0.15) is 26.2 Å². The maximum absolute atomic E-state index is 12.4. The SMILES string of the molecule is CC(=O)N1CCC(C(=O)NCC2(O)CCN(c3ccccn3)C2)CC1. The molecule has 136 valence electrons. The summed E-state index contributed by atoms with van der Waals surface area (Å²) in [5, 5.41) is 13.7. The van der Waals surface area contributed by atoms with Gasteiger partial charge in [0, 0.05) is 51.8 Å². The summed E-state index contributed by atoms with van der Waals surface area (Å²) in [5.41, 5.74) is -0.923. The van der Waals surface area contributed by atoms with Gasteiger partial charge in [-0.15, -0.1) is 0 Å². The lowest BCUT2D eigenvalue weighted by Gasteiger charge is -2.31. The highest BCUT2D eigenvalue weighted by Crippen LogP contribution is 2.25. The Balaban J connectivity index is 1.47. The number of aromatic nitrogens is 1. The number of β-amino-alcohol motifs (C(OH)–C–C–N with tert-alkyl or cyclic N) is 1. The minimum atomic E-state index is -0.923. The largest absolute Gasteiger partial charge is 0.386 e. The minimum absolute atomic E-state index is 0.0205. The fourth-order valence-electron chi connectivity index (χ4n) is 3.59. The van der Waals surface area contributed by atoms with Crippen LogP contribution in [0.25, 0.3) is 0 Å². The van der Waals surface area contributed by atoms with E-state index in [0.29, 0.717) is 38.9 Å². The molecule has 2 aliphatic heterocycles. The molecule has 7 nitrogen and oxygen atoms in total. The highest BCUT2D eigenvalue weighted by molar-refractivity contribution is 5.79. The van der Waals surface area contributed by atoms with Crippen LogP contribution in [0.4, 0.5) is 5.82 Å². The summed E-state index contributed by atoms with van der Waals surface area (Å²) < 4.78 is 0. The molecule has 1 aromatic rings. The molecule has 0 bridgehead atoms. The number of carbonyl (C=O) groups is 2. The van der Waals surface area contributed by atoms with Crippen LogP contribution in [0, 0.1) is 5.92 Å². The van der Waals surface area contributed by atoms with Crippen molar-refractivity contribution in [2.75, 3.05) is 37.6 Å². The molecule has 0 radical (unpaired) electrons. The van der Waals surface area contributed by atoms with Gasteiger partial charge in [-0.25, -0.2) is 4.98 Å². The molecule has 1 aromatic heterocycles. The molecular formula is C18H26N4O3. The zero-order valence-electron chi connectivity index (χ0n) is 14.6. The van der Waals surface area contributed by atoms with Gasteiger partial charge in [0.25, 0.3) is 0 Å². The van der Waals surface area contributed by atoms with E-state index < -0.39 is 5.60 Å². The third kappa shape index (κ3) is 4.28. The van der Waals surface area contributed by atoms with Crippen LogP contribution in [0.3, 0.4) is 0 Å². The molecule has 1 unspecified atom stereocenters. The predicted octanol–water partition coefficient (Wildman–Crippen LogP) is 0.398. The normalized spacial score (nSPS) is 24.4. The monoisotopic (exact) mass is 346 g/mol. The second kappa shape index (κ2) is 7.39. The molecule has 1 atom stereocenters. The molecule has 3 heterocycles. The maximum atomic E-state index is 12.4. The lowest BCUT2D eigenvalue weighted by Crippen LogP contribution is -2.48. The van der Waals surface area contributed by atoms with E-state index in [0.717, 1.165) is 12.4 Å². The van der Waals surface area contributed by atoms with Crippen LogP contribution < -0.4 is 10.2 Å². The number of anilines is 1. The topological polar surface area (TPSA) is 85.8 Å². The Hall–Kier alpha value is -2.15. The minimum Gasteiger partial charge on any atom is -0.386 e. The molecule has 0 aromatic carbocycles. The molecule has 0 aliphatic carbocycles. The van der Waals surface area contributed by atoms with Crippen LogP contribution in [0.15, 0.2) is 24.4 Å². The van der Waals surface area contributed by atoms with Crippen molar-refractivity contribution in [2.24, 2.45) is 5.92 Å². The fourth-order valence-corrected chi connectivity index (χ4v) is 3.59. The Bertz CT molecular complexity index is 616. The average molecular weight is 346 g/mol. The molecule has 25 heavy (non-hydrogen) atoms. The number of amides is 2. The van der Waals surface area contributed by atoms with Crippen molar-refractivity contribution in [1.29, 1.82) is 0 Å². The molecule has 3 rings (SSSR count). The van der Waals surface area contributed by atoms with Gasteiger partial charge in [-0.3, -0.25) is 9.59 Å². The van der Waals surface area contributed by atoms with Gasteiger partial charge in [0.15, 0.2) is 0 Å². The first-order valence-electron chi connectivity index (χ1n) is 8.88. The molecule has 2 fully saturated rings. The third-order valence-electron chi connectivity index (χ3n) is 5.21. The van der Waals surface area contributed by atoms with Crippen LogP contribution >= 0.6 is 0 Å². The Morgan fingerprint density at radius 3 is 2.72 bits per heavy atom. The summed E-state index contributed by atoms with van der Waals surface area (Å²) in [5.74, 6) is 0.815. The second-order valence-electron chi connectivity index (χ2n) is 7.08. The van der Waals surface area contributed by atoms with Gasteiger partial charge in [-0.05, 0) is 31.4 Å². The predicted molar refractivity (Wildman–Crippen MR) is 94.0 cm³/mol. The van der Waals surface area contributed by atoms with Crippen molar-refractivity contribution in [3.8, 4) is 0 Å². The first-order valence-corrected chi connectivity index (χ1v) is 8.88. The van der Waals surface area contributed by atoms with Crippen molar-refractivity contribution in [2.45, 2.75) is 31.8 Å². The summed E-state index contributed by atoms with van der Waals surface area (Å²) in [4.78, 5) is 31.8. The summed E-state index contributed by atoms with van der Waals surface area (Å²) in [6.45, 7) is 4.26. The van der Waals surface area contributed by atoms with Crippen LogP contribution in [0.5, 0.6) is 0 Å². The van der Waals surface area contributed by atoms with Crippen molar-refractivity contribution in [3.05, 3.63) is 24.4 Å². The molecule has 2 aliphatic rings. The lowest BCUT2D eigenvalue weighted by atomic mass is 9.95. The molecule has 0 spiro atoms. The van der Waals surface area contributed by atoms with Crippen LogP contribution in [-0.2, 0) is 9.59 Å². The van der Waals surface area contributed by atoms with E-state index in [4.69, 9.17) is 0 Å². The number of pyridine rings is 1. The summed E-state index contributed by atoms with van der Waals surface area (Å²) in [6, 6.07) is 5.71. The highest BCUT2D eigenvalue weighted by Gasteiger charge is 2.37. The van der Waals surface area contributed by atoms with E-state index in [1.165, 1.54) is 0 Å². The maximum Gasteiger partial charge on any atom is 0.223 e. The second-order valence-corrected chi connectivity index (χ2v) is 7.08. The molecular weight excluding hydrogens is 320 g/mol. The smallest absolute Gasteiger partial charge is 0.223 e. The van der Waals surface area contributed by atoms with E-state index in [1.807, 2.05) is 23.1 Å². The number of rotatable bonds is 4. The Morgan fingerprint density at radius 1 is 1.32 bits per heavy atom. The van der Waals surface area contributed by atoms with Crippen molar-refractivity contribution < 1.29 is 14.7 Å². The first-order chi connectivity index (χ1) is 12.0. The fraction of sp³-hybridized carbons (Fsp3) is 0.611. The molecule has 2 saturated heterocycles. The van der Waals surface area contributed by atoms with Gasteiger partial charge in [-0.2, -0.15) is 0 Å².